The van der Waals surface area contributed by atoms with Crippen molar-refractivity contribution in [2.45, 2.75) is 80.6 Å². The first kappa shape index (κ1) is 28.2. The van der Waals surface area contributed by atoms with Crippen molar-refractivity contribution in [3.05, 3.63) is 36.4 Å². The van der Waals surface area contributed by atoms with Crippen molar-refractivity contribution < 1.29 is 19.1 Å². The lowest BCUT2D eigenvalue weighted by Gasteiger charge is -2.34. The highest BCUT2D eigenvalue weighted by Crippen LogP contribution is 2.55. The molecule has 8 nitrogen and oxygen atoms in total. The number of fused-ring (bicyclic) bond motifs is 1. The number of hydrogen-bond donors (Lipinski definition) is 2. The van der Waals surface area contributed by atoms with Crippen molar-refractivity contribution >= 4 is 35.2 Å². The fourth-order valence-corrected chi connectivity index (χ4v) is 7.24. The van der Waals surface area contributed by atoms with Gasteiger partial charge in [0.25, 0.3) is 0 Å². The molecule has 3 unspecified atom stereocenters. The fraction of sp³-hybridized carbons (Fsp3) is 0.633. The lowest BCUT2D eigenvalue weighted by molar-refractivity contribution is -0.141. The zero-order valence-electron chi connectivity index (χ0n) is 23.4. The van der Waals surface area contributed by atoms with Crippen LogP contribution in [-0.4, -0.2) is 84.2 Å². The van der Waals surface area contributed by atoms with E-state index in [0.717, 1.165) is 50.0 Å². The third kappa shape index (κ3) is 5.50. The van der Waals surface area contributed by atoms with Crippen LogP contribution in [0.25, 0.3) is 0 Å². The maximum Gasteiger partial charge on any atom is 0.246 e. The number of carbonyl (C=O) groups is 3. The Bertz CT molecular complexity index is 1110. The Balaban J connectivity index is 1.40. The molecule has 1 spiro atoms. The van der Waals surface area contributed by atoms with Crippen molar-refractivity contribution in [1.29, 1.82) is 0 Å². The number of likely N-dealkylation sites (tertiary alicyclic amines) is 1. The summed E-state index contributed by atoms with van der Waals surface area (Å²) < 4.78 is 6.48. The number of rotatable bonds is 11. The Morgan fingerprint density at radius 3 is 2.72 bits per heavy atom. The highest BCUT2D eigenvalue weighted by atomic mass is 32.2. The number of carbonyl (C=O) groups excluding carboxylic acids is 3. The van der Waals surface area contributed by atoms with Crippen molar-refractivity contribution in [1.82, 2.24) is 15.1 Å². The predicted octanol–water partition coefficient (Wildman–Crippen LogP) is 3.68. The highest BCUT2D eigenvalue weighted by Gasteiger charge is 2.72. The third-order valence-corrected chi connectivity index (χ3v) is 9.56. The van der Waals surface area contributed by atoms with Gasteiger partial charge in [-0.2, -0.15) is 0 Å². The molecule has 0 radical (unpaired) electrons. The second kappa shape index (κ2) is 12.0. The van der Waals surface area contributed by atoms with Crippen LogP contribution >= 0.6 is 11.8 Å². The van der Waals surface area contributed by atoms with Gasteiger partial charge in [0.2, 0.25) is 17.7 Å². The molecule has 39 heavy (non-hydrogen) atoms. The molecular formula is C30H42N4O4S. The molecule has 2 N–H and O–H groups in total. The Kier molecular flexibility index (Phi) is 8.69. The normalized spacial score (nSPS) is 29.7. The van der Waals surface area contributed by atoms with E-state index in [-0.39, 0.29) is 23.8 Å². The minimum absolute atomic E-state index is 0.122. The fourth-order valence-electron chi connectivity index (χ4n) is 6.78. The maximum absolute atomic E-state index is 14.1. The van der Waals surface area contributed by atoms with Gasteiger partial charge < -0.3 is 25.2 Å². The number of amides is 3. The minimum Gasteiger partial charge on any atom is -0.359 e. The van der Waals surface area contributed by atoms with Gasteiger partial charge in [0.05, 0.1) is 17.9 Å². The Morgan fingerprint density at radius 2 is 1.97 bits per heavy atom. The number of thioether (sulfide) groups is 1. The van der Waals surface area contributed by atoms with E-state index in [1.165, 1.54) is 6.42 Å². The van der Waals surface area contributed by atoms with Crippen LogP contribution in [0, 0.1) is 11.8 Å². The van der Waals surface area contributed by atoms with Gasteiger partial charge in [0.1, 0.15) is 11.6 Å². The first-order valence-corrected chi connectivity index (χ1v) is 15.7. The molecule has 3 fully saturated rings. The van der Waals surface area contributed by atoms with Crippen LogP contribution in [-0.2, 0) is 19.1 Å². The number of nitrogens with zero attached hydrogens (tertiary/aromatic N) is 2. The standard InChI is InChI=1S/C30H42N4O4S/c1-4-5-16-33(2)17-18-34-26(28(36)31-20-10-7-6-8-11-20)30-15-14-23(38-30)24(25(30)29(34)37)27(35)32-21-12-9-13-22(19-21)39-3/h9,12-15,19-20,23-26H,4-8,10-11,16-18H2,1-3H3,(H,31,36)(H,32,35)/t23-,24?,25-,26?,30?/m0/s1. The van der Waals surface area contributed by atoms with Crippen molar-refractivity contribution in [3.63, 3.8) is 0 Å². The average molecular weight is 555 g/mol. The number of ether oxygens (including phenoxy) is 1. The van der Waals surface area contributed by atoms with Gasteiger partial charge in [-0.3, -0.25) is 14.4 Å². The zero-order valence-corrected chi connectivity index (χ0v) is 24.2. The topological polar surface area (TPSA) is 91.0 Å². The van der Waals surface area contributed by atoms with Gasteiger partial charge in [0.15, 0.2) is 0 Å². The molecule has 2 saturated heterocycles. The minimum atomic E-state index is -1.12. The summed E-state index contributed by atoms with van der Waals surface area (Å²) in [7, 11) is 2.05. The zero-order chi connectivity index (χ0) is 27.6. The Morgan fingerprint density at radius 1 is 1.18 bits per heavy atom. The van der Waals surface area contributed by atoms with Crippen LogP contribution in [0.2, 0.25) is 0 Å². The molecule has 212 valence electrons. The molecule has 1 aliphatic carbocycles. The first-order valence-electron chi connectivity index (χ1n) is 14.5. The van der Waals surface area contributed by atoms with Crippen LogP contribution < -0.4 is 10.6 Å². The summed E-state index contributed by atoms with van der Waals surface area (Å²) in [6.07, 6.45) is 12.7. The summed E-state index contributed by atoms with van der Waals surface area (Å²) >= 11 is 1.60. The van der Waals surface area contributed by atoms with Crippen molar-refractivity contribution in [2.24, 2.45) is 11.8 Å². The summed E-state index contributed by atoms with van der Waals surface area (Å²) in [4.78, 5) is 46.6. The van der Waals surface area contributed by atoms with E-state index < -0.39 is 29.6 Å². The lowest BCUT2D eigenvalue weighted by Crippen LogP contribution is -2.57. The molecule has 1 aromatic rings. The summed E-state index contributed by atoms with van der Waals surface area (Å²) in [5.41, 5.74) is -0.426. The molecule has 3 aliphatic heterocycles. The van der Waals surface area contributed by atoms with E-state index in [1.54, 1.807) is 16.7 Å². The SMILES string of the molecule is CCCCN(C)CCN1C(=O)[C@@H]2C(C(=O)Nc3cccc(SC)c3)[C@@H]3C=CC2(O3)C1C(=O)NC1CCCCC1. The summed E-state index contributed by atoms with van der Waals surface area (Å²) in [6, 6.07) is 7.02. The third-order valence-electron chi connectivity index (χ3n) is 8.83. The lowest BCUT2D eigenvalue weighted by atomic mass is 9.74. The quantitative estimate of drug-likeness (QED) is 0.320. The van der Waals surface area contributed by atoms with Crippen LogP contribution in [0.5, 0.6) is 0 Å². The number of likely N-dealkylation sites (N-methyl/N-ethyl adjacent to an activating group) is 1. The van der Waals surface area contributed by atoms with E-state index in [4.69, 9.17) is 4.74 Å². The number of anilines is 1. The molecule has 1 saturated carbocycles. The van der Waals surface area contributed by atoms with E-state index in [1.807, 2.05) is 49.7 Å². The van der Waals surface area contributed by atoms with Crippen molar-refractivity contribution in [3.8, 4) is 0 Å². The Hall–Kier alpha value is -2.36. The number of unbranched alkanes of at least 4 members (excludes halogenated alkanes) is 1. The van der Waals surface area contributed by atoms with Crippen LogP contribution in [0.4, 0.5) is 5.69 Å². The molecule has 5 atom stereocenters. The molecule has 3 amide bonds. The maximum atomic E-state index is 14.1. The van der Waals surface area contributed by atoms with Crippen molar-refractivity contribution in [2.75, 3.05) is 38.3 Å². The number of hydrogen-bond acceptors (Lipinski definition) is 6. The van der Waals surface area contributed by atoms with Crippen LogP contribution in [0.1, 0.15) is 51.9 Å². The second-order valence-electron chi connectivity index (χ2n) is 11.5. The van der Waals surface area contributed by atoms with Gasteiger partial charge in [-0.05, 0) is 57.3 Å². The molecule has 3 heterocycles. The molecular weight excluding hydrogens is 512 g/mol. The molecule has 4 aliphatic rings. The highest BCUT2D eigenvalue weighted by molar-refractivity contribution is 7.98. The molecule has 2 bridgehead atoms. The first-order chi connectivity index (χ1) is 18.9. The predicted molar refractivity (Wildman–Crippen MR) is 153 cm³/mol. The van der Waals surface area contributed by atoms with Gasteiger partial charge >= 0.3 is 0 Å². The summed E-state index contributed by atoms with van der Waals surface area (Å²) in [6.45, 7) is 4.18. The van der Waals surface area contributed by atoms with E-state index in [9.17, 15) is 14.4 Å². The summed E-state index contributed by atoms with van der Waals surface area (Å²) in [5.74, 6) is -1.97. The number of nitrogens with one attached hydrogen (secondary N) is 2. The van der Waals surface area contributed by atoms with E-state index in [0.29, 0.717) is 18.8 Å². The molecule has 0 aromatic heterocycles. The van der Waals surface area contributed by atoms with Crippen LogP contribution in [0.3, 0.4) is 0 Å². The second-order valence-corrected chi connectivity index (χ2v) is 12.3. The van der Waals surface area contributed by atoms with Gasteiger partial charge in [-0.1, -0.05) is 50.8 Å². The Labute approximate surface area is 236 Å². The smallest absolute Gasteiger partial charge is 0.246 e. The number of benzene rings is 1. The molecule has 5 rings (SSSR count). The summed E-state index contributed by atoms with van der Waals surface area (Å²) in [5, 5.41) is 6.28. The average Bonchev–Trinajstić information content (AvgIpc) is 3.58. The largest absolute Gasteiger partial charge is 0.359 e. The van der Waals surface area contributed by atoms with E-state index >= 15 is 0 Å². The molecule has 9 heteroatoms. The molecule has 1 aromatic carbocycles. The monoisotopic (exact) mass is 554 g/mol. The van der Waals surface area contributed by atoms with Crippen LogP contribution in [0.15, 0.2) is 41.3 Å². The van der Waals surface area contributed by atoms with Gasteiger partial charge in [0, 0.05) is 29.7 Å². The van der Waals surface area contributed by atoms with E-state index in [2.05, 4.69) is 22.5 Å². The van der Waals surface area contributed by atoms with Gasteiger partial charge in [-0.15, -0.1) is 11.8 Å². The van der Waals surface area contributed by atoms with Gasteiger partial charge in [-0.25, -0.2) is 0 Å².